The number of thioether (sulfide) groups is 1. The molecular formula is C12H13N3O2S2. The molecule has 19 heavy (non-hydrogen) atoms. The molecule has 1 fully saturated rings. The van der Waals surface area contributed by atoms with Gasteiger partial charge in [0.2, 0.25) is 5.16 Å². The molecule has 1 N–H and O–H groups in total. The molecule has 2 aromatic rings. The van der Waals surface area contributed by atoms with Crippen molar-refractivity contribution in [2.75, 3.05) is 11.5 Å². The molecule has 1 aliphatic rings. The van der Waals surface area contributed by atoms with Gasteiger partial charge >= 0.3 is 0 Å². The Morgan fingerprint density at radius 3 is 2.74 bits per heavy atom. The van der Waals surface area contributed by atoms with E-state index in [0.717, 1.165) is 5.56 Å². The van der Waals surface area contributed by atoms with Crippen molar-refractivity contribution < 1.29 is 8.42 Å². The highest BCUT2D eigenvalue weighted by molar-refractivity contribution is 8.01. The predicted octanol–water partition coefficient (Wildman–Crippen LogP) is 1.75. The minimum Gasteiger partial charge on any atom is -0.258 e. The van der Waals surface area contributed by atoms with Crippen molar-refractivity contribution in [2.45, 2.75) is 16.8 Å². The van der Waals surface area contributed by atoms with Gasteiger partial charge in [-0.05, 0) is 6.42 Å². The molecule has 1 saturated heterocycles. The summed E-state index contributed by atoms with van der Waals surface area (Å²) in [6.07, 6.45) is 0.683. The van der Waals surface area contributed by atoms with Crippen LogP contribution in [0.3, 0.4) is 0 Å². The molecule has 0 radical (unpaired) electrons. The smallest absolute Gasteiger partial charge is 0.209 e. The molecule has 100 valence electrons. The van der Waals surface area contributed by atoms with Crippen molar-refractivity contribution in [1.82, 2.24) is 15.2 Å². The van der Waals surface area contributed by atoms with Crippen molar-refractivity contribution >= 4 is 21.6 Å². The number of nitrogens with zero attached hydrogens (tertiary/aromatic N) is 2. The van der Waals surface area contributed by atoms with Crippen molar-refractivity contribution in [3.05, 3.63) is 30.3 Å². The van der Waals surface area contributed by atoms with E-state index in [1.807, 2.05) is 30.3 Å². The zero-order valence-electron chi connectivity index (χ0n) is 10.1. The zero-order valence-corrected chi connectivity index (χ0v) is 11.7. The third kappa shape index (κ3) is 2.98. The lowest BCUT2D eigenvalue weighted by molar-refractivity contribution is 0.602. The molecule has 3 rings (SSSR count). The first-order chi connectivity index (χ1) is 9.12. The van der Waals surface area contributed by atoms with E-state index in [9.17, 15) is 8.42 Å². The van der Waals surface area contributed by atoms with Crippen LogP contribution in [0.5, 0.6) is 0 Å². The Bertz CT molecular complexity index is 667. The first kappa shape index (κ1) is 12.7. The summed E-state index contributed by atoms with van der Waals surface area (Å²) in [6.45, 7) is 0. The van der Waals surface area contributed by atoms with Gasteiger partial charge in [0.15, 0.2) is 15.7 Å². The van der Waals surface area contributed by atoms with Gasteiger partial charge in [0.1, 0.15) is 0 Å². The molecule has 0 bridgehead atoms. The fourth-order valence-electron chi connectivity index (χ4n) is 2.03. The van der Waals surface area contributed by atoms with Crippen LogP contribution in [0.4, 0.5) is 0 Å². The summed E-state index contributed by atoms with van der Waals surface area (Å²) in [5, 5.41) is 7.71. The summed E-state index contributed by atoms with van der Waals surface area (Å²) in [5.74, 6) is 1.22. The first-order valence-electron chi connectivity index (χ1n) is 5.97. The third-order valence-corrected chi connectivity index (χ3v) is 6.08. The van der Waals surface area contributed by atoms with E-state index in [4.69, 9.17) is 0 Å². The van der Waals surface area contributed by atoms with E-state index < -0.39 is 9.84 Å². The molecule has 0 spiro atoms. The maximum absolute atomic E-state index is 11.4. The SMILES string of the molecule is O=S1(=O)CCC(Sc2n[nH]c(-c3ccccc3)n2)C1. The zero-order chi connectivity index (χ0) is 13.3. The number of rotatable bonds is 3. The monoisotopic (exact) mass is 295 g/mol. The van der Waals surface area contributed by atoms with Crippen LogP contribution in [0.1, 0.15) is 6.42 Å². The number of hydrogen-bond acceptors (Lipinski definition) is 5. The Kier molecular flexibility index (Phi) is 3.32. The van der Waals surface area contributed by atoms with Crippen molar-refractivity contribution in [3.8, 4) is 11.4 Å². The molecule has 0 saturated carbocycles. The highest BCUT2D eigenvalue weighted by Crippen LogP contribution is 2.29. The van der Waals surface area contributed by atoms with Gasteiger partial charge in [0.05, 0.1) is 11.5 Å². The van der Waals surface area contributed by atoms with Crippen molar-refractivity contribution in [3.63, 3.8) is 0 Å². The summed E-state index contributed by atoms with van der Waals surface area (Å²) < 4.78 is 22.8. The average molecular weight is 295 g/mol. The maximum Gasteiger partial charge on any atom is 0.209 e. The molecule has 0 amide bonds. The number of H-pyrrole nitrogens is 1. The number of nitrogens with one attached hydrogen (secondary N) is 1. The Labute approximate surface area is 115 Å². The van der Waals surface area contributed by atoms with E-state index in [1.54, 1.807) is 0 Å². The van der Waals surface area contributed by atoms with Crippen LogP contribution in [0.25, 0.3) is 11.4 Å². The van der Waals surface area contributed by atoms with Gasteiger partial charge in [-0.3, -0.25) is 5.10 Å². The summed E-state index contributed by atoms with van der Waals surface area (Å²) in [7, 11) is -2.85. The van der Waals surface area contributed by atoms with E-state index in [1.165, 1.54) is 11.8 Å². The second-order valence-electron chi connectivity index (χ2n) is 4.48. The van der Waals surface area contributed by atoms with Gasteiger partial charge in [-0.15, -0.1) is 5.10 Å². The number of hydrogen-bond donors (Lipinski definition) is 1. The topological polar surface area (TPSA) is 75.7 Å². The fraction of sp³-hybridized carbons (Fsp3) is 0.333. The van der Waals surface area contributed by atoms with E-state index in [-0.39, 0.29) is 16.8 Å². The first-order valence-corrected chi connectivity index (χ1v) is 8.67. The van der Waals surface area contributed by atoms with E-state index in [0.29, 0.717) is 17.4 Å². The van der Waals surface area contributed by atoms with Crippen LogP contribution >= 0.6 is 11.8 Å². The lowest BCUT2D eigenvalue weighted by Crippen LogP contribution is -2.06. The van der Waals surface area contributed by atoms with Crippen LogP contribution in [0.2, 0.25) is 0 Å². The molecule has 1 aromatic carbocycles. The minimum absolute atomic E-state index is 0.0735. The number of sulfone groups is 1. The molecule has 5 nitrogen and oxygen atoms in total. The molecule has 7 heteroatoms. The molecular weight excluding hydrogens is 282 g/mol. The normalized spacial score (nSPS) is 21.6. The molecule has 2 heterocycles. The Morgan fingerprint density at radius 1 is 1.26 bits per heavy atom. The van der Waals surface area contributed by atoms with Crippen molar-refractivity contribution in [2.24, 2.45) is 0 Å². The lowest BCUT2D eigenvalue weighted by Gasteiger charge is -2.01. The molecule has 0 aliphatic carbocycles. The Balaban J connectivity index is 1.73. The van der Waals surface area contributed by atoms with Gasteiger partial charge in [-0.1, -0.05) is 42.1 Å². The van der Waals surface area contributed by atoms with Crippen LogP contribution in [-0.2, 0) is 9.84 Å². The van der Waals surface area contributed by atoms with E-state index >= 15 is 0 Å². The number of aromatic amines is 1. The van der Waals surface area contributed by atoms with Crippen LogP contribution in [0, 0.1) is 0 Å². The maximum atomic E-state index is 11.4. The highest BCUT2D eigenvalue weighted by Gasteiger charge is 2.29. The van der Waals surface area contributed by atoms with Crippen LogP contribution in [0.15, 0.2) is 35.5 Å². The van der Waals surface area contributed by atoms with Gasteiger partial charge in [0, 0.05) is 10.8 Å². The van der Waals surface area contributed by atoms with Crippen LogP contribution < -0.4 is 0 Å². The highest BCUT2D eigenvalue weighted by atomic mass is 32.2. The van der Waals surface area contributed by atoms with Gasteiger partial charge in [-0.2, -0.15) is 0 Å². The average Bonchev–Trinajstić information content (AvgIpc) is 2.98. The second-order valence-corrected chi connectivity index (χ2v) is 7.97. The van der Waals surface area contributed by atoms with Gasteiger partial charge in [0.25, 0.3) is 0 Å². The largest absolute Gasteiger partial charge is 0.258 e. The molecule has 1 unspecified atom stereocenters. The molecule has 1 aromatic heterocycles. The molecule has 1 atom stereocenters. The second kappa shape index (κ2) is 4.97. The lowest BCUT2D eigenvalue weighted by atomic mass is 10.2. The minimum atomic E-state index is -2.85. The fourth-order valence-corrected chi connectivity index (χ4v) is 5.39. The standard InChI is InChI=1S/C12H13N3O2S2/c16-19(17)7-6-10(8-19)18-12-13-11(14-15-12)9-4-2-1-3-5-9/h1-5,10H,6-8H2,(H,13,14,15). The summed E-state index contributed by atoms with van der Waals surface area (Å²) >= 11 is 1.44. The van der Waals surface area contributed by atoms with Gasteiger partial charge in [-0.25, -0.2) is 13.4 Å². The number of benzene rings is 1. The molecule has 1 aliphatic heterocycles. The van der Waals surface area contributed by atoms with Crippen LogP contribution in [-0.4, -0.2) is 40.4 Å². The van der Waals surface area contributed by atoms with Gasteiger partial charge < -0.3 is 0 Å². The Hall–Kier alpha value is -1.34. The summed E-state index contributed by atoms with van der Waals surface area (Å²) in [4.78, 5) is 4.39. The summed E-state index contributed by atoms with van der Waals surface area (Å²) in [6, 6.07) is 9.73. The summed E-state index contributed by atoms with van der Waals surface area (Å²) in [5.41, 5.74) is 0.973. The third-order valence-electron chi connectivity index (χ3n) is 2.97. The van der Waals surface area contributed by atoms with E-state index in [2.05, 4.69) is 15.2 Å². The predicted molar refractivity (Wildman–Crippen MR) is 74.7 cm³/mol. The number of aromatic nitrogens is 3. The quantitative estimate of drug-likeness (QED) is 0.933. The van der Waals surface area contributed by atoms with Crippen molar-refractivity contribution in [1.29, 1.82) is 0 Å². The Morgan fingerprint density at radius 2 is 2.05 bits per heavy atom.